The quantitative estimate of drug-likeness (QED) is 0.925. The number of alkyl halides is 3. The Morgan fingerprint density at radius 2 is 1.68 bits per heavy atom. The van der Waals surface area contributed by atoms with Crippen LogP contribution in [0.15, 0.2) is 24.3 Å². The van der Waals surface area contributed by atoms with E-state index in [-0.39, 0.29) is 12.5 Å². The first kappa shape index (κ1) is 16.6. The first-order chi connectivity index (χ1) is 10.4. The van der Waals surface area contributed by atoms with Gasteiger partial charge in [0.15, 0.2) is 0 Å². The Kier molecular flexibility index (Phi) is 5.28. The number of amides is 1. The van der Waals surface area contributed by atoms with Crippen LogP contribution in [-0.2, 0) is 11.0 Å². The molecule has 2 rings (SSSR count). The summed E-state index contributed by atoms with van der Waals surface area (Å²) in [6.45, 7) is 2.28. The topological polar surface area (TPSA) is 43.8 Å². The lowest BCUT2D eigenvalue weighted by Gasteiger charge is -2.36. The average molecular weight is 316 g/mol. The molecule has 1 aliphatic rings. The minimum atomic E-state index is -4.32. The maximum absolute atomic E-state index is 12.5. The summed E-state index contributed by atoms with van der Waals surface area (Å²) in [4.78, 5) is 15.5. The Labute approximate surface area is 127 Å². The first-order valence-corrected chi connectivity index (χ1v) is 7.22. The normalized spacial score (nSPS) is 16.0. The van der Waals surface area contributed by atoms with Gasteiger partial charge in [-0.2, -0.15) is 13.2 Å². The highest BCUT2D eigenvalue weighted by molar-refractivity contribution is 5.76. The van der Waals surface area contributed by atoms with E-state index in [0.29, 0.717) is 39.0 Å². The molecule has 0 radical (unpaired) electrons. The Balaban J connectivity index is 1.90. The molecule has 1 aromatic carbocycles. The van der Waals surface area contributed by atoms with Crippen molar-refractivity contribution in [2.45, 2.75) is 19.0 Å². The van der Waals surface area contributed by atoms with Gasteiger partial charge >= 0.3 is 6.18 Å². The van der Waals surface area contributed by atoms with E-state index in [9.17, 15) is 18.0 Å². The predicted octanol–water partition coefficient (Wildman–Crippen LogP) is 2.13. The maximum Gasteiger partial charge on any atom is 0.416 e. The van der Waals surface area contributed by atoms with Crippen molar-refractivity contribution < 1.29 is 23.1 Å². The first-order valence-electron chi connectivity index (χ1n) is 7.22. The van der Waals surface area contributed by atoms with Crippen molar-refractivity contribution in [1.29, 1.82) is 0 Å². The van der Waals surface area contributed by atoms with Crippen molar-refractivity contribution in [3.63, 3.8) is 0 Å². The molecule has 0 bridgehead atoms. The molecule has 4 nitrogen and oxygen atoms in total. The van der Waals surface area contributed by atoms with Crippen molar-refractivity contribution in [3.05, 3.63) is 29.8 Å². The molecule has 22 heavy (non-hydrogen) atoms. The number of halogens is 3. The van der Waals surface area contributed by atoms with E-state index >= 15 is 0 Å². The fourth-order valence-electron chi connectivity index (χ4n) is 2.46. The van der Waals surface area contributed by atoms with Crippen LogP contribution in [0, 0.1) is 0 Å². The van der Waals surface area contributed by atoms with Gasteiger partial charge < -0.3 is 14.9 Å². The lowest BCUT2D eigenvalue weighted by atomic mass is 10.1. The molecule has 7 heteroatoms. The average Bonchev–Trinajstić information content (AvgIpc) is 2.52. The third-order valence-corrected chi connectivity index (χ3v) is 3.74. The zero-order valence-corrected chi connectivity index (χ0v) is 12.1. The summed E-state index contributed by atoms with van der Waals surface area (Å²) in [5, 5.41) is 8.72. The van der Waals surface area contributed by atoms with Crippen LogP contribution in [0.4, 0.5) is 18.9 Å². The van der Waals surface area contributed by atoms with Crippen LogP contribution in [-0.4, -0.2) is 48.7 Å². The molecule has 1 aliphatic heterocycles. The Bertz CT molecular complexity index is 495. The Morgan fingerprint density at radius 1 is 1.09 bits per heavy atom. The molecule has 1 amide bonds. The highest BCUT2D eigenvalue weighted by atomic mass is 19.4. The number of benzene rings is 1. The van der Waals surface area contributed by atoms with Gasteiger partial charge in [-0.1, -0.05) is 0 Å². The van der Waals surface area contributed by atoms with Crippen molar-refractivity contribution in [2.24, 2.45) is 0 Å². The summed E-state index contributed by atoms with van der Waals surface area (Å²) >= 11 is 0. The zero-order chi connectivity index (χ0) is 16.2. The number of aliphatic hydroxyl groups excluding tert-OH is 1. The van der Waals surface area contributed by atoms with E-state index < -0.39 is 11.7 Å². The molecule has 0 aromatic heterocycles. The summed E-state index contributed by atoms with van der Waals surface area (Å²) in [5.41, 5.74) is 0.0736. The largest absolute Gasteiger partial charge is 0.416 e. The number of aliphatic hydroxyl groups is 1. The predicted molar refractivity (Wildman–Crippen MR) is 76.6 cm³/mol. The van der Waals surface area contributed by atoms with Crippen LogP contribution in [0.2, 0.25) is 0 Å². The molecule has 0 aliphatic carbocycles. The van der Waals surface area contributed by atoms with E-state index in [0.717, 1.165) is 17.8 Å². The molecule has 122 valence electrons. The van der Waals surface area contributed by atoms with Crippen molar-refractivity contribution in [1.82, 2.24) is 4.90 Å². The molecule has 1 N–H and O–H groups in total. The molecule has 0 spiro atoms. The smallest absolute Gasteiger partial charge is 0.396 e. The van der Waals surface area contributed by atoms with E-state index in [1.165, 1.54) is 12.1 Å². The number of carbonyl (C=O) groups excluding carboxylic acids is 1. The van der Waals surface area contributed by atoms with Crippen LogP contribution in [0.25, 0.3) is 0 Å². The van der Waals surface area contributed by atoms with E-state index in [1.807, 2.05) is 4.90 Å². The molecule has 1 aromatic rings. The van der Waals surface area contributed by atoms with Gasteiger partial charge in [0.1, 0.15) is 0 Å². The standard InChI is InChI=1S/C15H19F3N2O2/c16-15(17,18)12-3-5-13(6-4-12)19-7-9-20(10-8-19)14(22)2-1-11-21/h3-6,21H,1-2,7-11H2. The van der Waals surface area contributed by atoms with Crippen LogP contribution >= 0.6 is 0 Å². The third kappa shape index (κ3) is 4.13. The molecule has 1 fully saturated rings. The Morgan fingerprint density at radius 3 is 2.18 bits per heavy atom. The van der Waals surface area contributed by atoms with Crippen molar-refractivity contribution in [2.75, 3.05) is 37.7 Å². The van der Waals surface area contributed by atoms with Crippen LogP contribution in [0.5, 0.6) is 0 Å². The fraction of sp³-hybridized carbons (Fsp3) is 0.533. The molecule has 0 atom stereocenters. The minimum absolute atomic E-state index is 0.00272. The van der Waals surface area contributed by atoms with Crippen molar-refractivity contribution >= 4 is 11.6 Å². The summed E-state index contributed by atoms with van der Waals surface area (Å²) in [6, 6.07) is 5.08. The summed E-state index contributed by atoms with van der Waals surface area (Å²) < 4.78 is 37.6. The second kappa shape index (κ2) is 7.00. The molecule has 0 unspecified atom stereocenters. The van der Waals surface area contributed by atoms with Crippen LogP contribution < -0.4 is 4.90 Å². The number of carbonyl (C=O) groups is 1. The number of rotatable bonds is 4. The molecule has 1 heterocycles. The van der Waals surface area contributed by atoms with Gasteiger partial charge in [-0.25, -0.2) is 0 Å². The highest BCUT2D eigenvalue weighted by Crippen LogP contribution is 2.30. The zero-order valence-electron chi connectivity index (χ0n) is 12.1. The van der Waals surface area contributed by atoms with Crippen LogP contribution in [0.3, 0.4) is 0 Å². The number of piperazine rings is 1. The second-order valence-corrected chi connectivity index (χ2v) is 5.24. The molecular weight excluding hydrogens is 297 g/mol. The van der Waals surface area contributed by atoms with Gasteiger partial charge in [0.2, 0.25) is 5.91 Å². The maximum atomic E-state index is 12.5. The van der Waals surface area contributed by atoms with Gasteiger partial charge in [0.25, 0.3) is 0 Å². The lowest BCUT2D eigenvalue weighted by molar-refractivity contribution is -0.137. The van der Waals surface area contributed by atoms with Gasteiger partial charge in [-0.15, -0.1) is 0 Å². The summed E-state index contributed by atoms with van der Waals surface area (Å²) in [5.74, 6) is 0.0149. The number of nitrogens with zero attached hydrogens (tertiary/aromatic N) is 2. The van der Waals surface area contributed by atoms with Crippen LogP contribution in [0.1, 0.15) is 18.4 Å². The molecule has 0 saturated carbocycles. The van der Waals surface area contributed by atoms with E-state index in [2.05, 4.69) is 0 Å². The third-order valence-electron chi connectivity index (χ3n) is 3.74. The van der Waals surface area contributed by atoms with Gasteiger partial charge in [0.05, 0.1) is 5.56 Å². The van der Waals surface area contributed by atoms with E-state index in [4.69, 9.17) is 5.11 Å². The molecular formula is C15H19F3N2O2. The van der Waals surface area contributed by atoms with Gasteiger partial charge in [-0.3, -0.25) is 4.79 Å². The summed E-state index contributed by atoms with van der Waals surface area (Å²) in [7, 11) is 0. The highest BCUT2D eigenvalue weighted by Gasteiger charge is 2.30. The lowest BCUT2D eigenvalue weighted by Crippen LogP contribution is -2.48. The summed E-state index contributed by atoms with van der Waals surface area (Å²) in [6.07, 6.45) is -3.54. The number of anilines is 1. The minimum Gasteiger partial charge on any atom is -0.396 e. The second-order valence-electron chi connectivity index (χ2n) is 5.24. The Hall–Kier alpha value is -1.76. The fourth-order valence-corrected chi connectivity index (χ4v) is 2.46. The number of hydrogen-bond acceptors (Lipinski definition) is 3. The van der Waals surface area contributed by atoms with Gasteiger partial charge in [-0.05, 0) is 30.7 Å². The monoisotopic (exact) mass is 316 g/mol. The van der Waals surface area contributed by atoms with E-state index in [1.54, 1.807) is 4.90 Å². The van der Waals surface area contributed by atoms with Crippen molar-refractivity contribution in [3.8, 4) is 0 Å². The number of hydrogen-bond donors (Lipinski definition) is 1. The molecule has 1 saturated heterocycles. The SMILES string of the molecule is O=C(CCCO)N1CCN(c2ccc(C(F)(F)F)cc2)CC1. The van der Waals surface area contributed by atoms with Gasteiger partial charge in [0, 0.05) is 44.9 Å².